The van der Waals surface area contributed by atoms with Crippen molar-refractivity contribution in [2.45, 2.75) is 58.6 Å². The van der Waals surface area contributed by atoms with E-state index in [1.165, 1.54) is 0 Å². The number of hydrogen-bond donors (Lipinski definition) is 1. The summed E-state index contributed by atoms with van der Waals surface area (Å²) in [5.41, 5.74) is 3.90. The van der Waals surface area contributed by atoms with Crippen molar-refractivity contribution in [2.75, 3.05) is 13.1 Å². The predicted molar refractivity (Wildman–Crippen MR) is 133 cm³/mol. The fourth-order valence-electron chi connectivity index (χ4n) is 4.26. The SMILES string of the molecule is Cc1ccc(-n2ncc(C(=O)NCc3cccnc3)c2C2CCN(C(=O)OC(C)(C)C)CC2)cc1. The second kappa shape index (κ2) is 10.3. The summed E-state index contributed by atoms with van der Waals surface area (Å²) in [4.78, 5) is 31.6. The number of hydrogen-bond acceptors (Lipinski definition) is 5. The Bertz CT molecular complexity index is 1160. The highest BCUT2D eigenvalue weighted by Crippen LogP contribution is 2.33. The molecule has 8 nitrogen and oxygen atoms in total. The normalized spacial score (nSPS) is 14.6. The topological polar surface area (TPSA) is 89.4 Å². The quantitative estimate of drug-likeness (QED) is 0.582. The highest BCUT2D eigenvalue weighted by Gasteiger charge is 2.32. The van der Waals surface area contributed by atoms with Crippen LogP contribution in [0.15, 0.2) is 55.0 Å². The molecule has 3 aromatic rings. The van der Waals surface area contributed by atoms with E-state index in [1.807, 2.05) is 68.8 Å². The third kappa shape index (κ3) is 6.07. The van der Waals surface area contributed by atoms with Crippen LogP contribution in [-0.2, 0) is 11.3 Å². The van der Waals surface area contributed by atoms with Crippen LogP contribution >= 0.6 is 0 Å². The molecule has 1 aliphatic heterocycles. The molecule has 184 valence electrons. The van der Waals surface area contributed by atoms with E-state index in [9.17, 15) is 9.59 Å². The van der Waals surface area contributed by atoms with Crippen molar-refractivity contribution in [3.05, 3.63) is 77.4 Å². The molecule has 1 aromatic carbocycles. The number of carbonyl (C=O) groups is 2. The van der Waals surface area contributed by atoms with Crippen LogP contribution in [0.1, 0.15) is 66.7 Å². The van der Waals surface area contributed by atoms with Gasteiger partial charge in [0.1, 0.15) is 5.60 Å². The Morgan fingerprint density at radius 3 is 2.43 bits per heavy atom. The van der Waals surface area contributed by atoms with Crippen molar-refractivity contribution in [3.8, 4) is 5.69 Å². The molecule has 0 atom stereocenters. The van der Waals surface area contributed by atoms with Gasteiger partial charge in [0.05, 0.1) is 23.1 Å². The molecule has 0 saturated carbocycles. The van der Waals surface area contributed by atoms with Gasteiger partial charge < -0.3 is 15.0 Å². The number of rotatable bonds is 5. The lowest BCUT2D eigenvalue weighted by atomic mass is 9.90. The lowest BCUT2D eigenvalue weighted by Gasteiger charge is -2.34. The van der Waals surface area contributed by atoms with Crippen molar-refractivity contribution in [3.63, 3.8) is 0 Å². The molecule has 4 rings (SSSR count). The van der Waals surface area contributed by atoms with E-state index >= 15 is 0 Å². The summed E-state index contributed by atoms with van der Waals surface area (Å²) in [5, 5.41) is 7.61. The maximum atomic E-state index is 13.2. The summed E-state index contributed by atoms with van der Waals surface area (Å²) in [5.74, 6) is -0.0894. The zero-order valence-electron chi connectivity index (χ0n) is 20.8. The number of aromatic nitrogens is 3. The molecule has 8 heteroatoms. The average molecular weight is 476 g/mol. The zero-order chi connectivity index (χ0) is 25.0. The van der Waals surface area contributed by atoms with Crippen LogP contribution in [0.25, 0.3) is 5.69 Å². The maximum absolute atomic E-state index is 13.2. The van der Waals surface area contributed by atoms with Crippen molar-refractivity contribution < 1.29 is 14.3 Å². The van der Waals surface area contributed by atoms with Crippen LogP contribution in [-0.4, -0.2) is 50.4 Å². The van der Waals surface area contributed by atoms with Gasteiger partial charge in [0, 0.05) is 37.9 Å². The third-order valence-corrected chi connectivity index (χ3v) is 6.04. The molecule has 0 bridgehead atoms. The molecule has 1 fully saturated rings. The first-order valence-corrected chi connectivity index (χ1v) is 12.0. The first kappa shape index (κ1) is 24.4. The Balaban J connectivity index is 1.56. The number of piperidine rings is 1. The molecule has 0 unspecified atom stereocenters. The number of amides is 2. The third-order valence-electron chi connectivity index (χ3n) is 6.04. The first-order chi connectivity index (χ1) is 16.7. The first-order valence-electron chi connectivity index (χ1n) is 12.0. The number of benzene rings is 1. The second-order valence-corrected chi connectivity index (χ2v) is 9.98. The molecule has 2 aromatic heterocycles. The molecule has 1 saturated heterocycles. The Morgan fingerprint density at radius 1 is 1.09 bits per heavy atom. The van der Waals surface area contributed by atoms with Gasteiger partial charge in [0.2, 0.25) is 0 Å². The molecular weight excluding hydrogens is 442 g/mol. The summed E-state index contributed by atoms with van der Waals surface area (Å²) in [6.45, 7) is 9.16. The molecule has 0 aliphatic carbocycles. The molecule has 0 spiro atoms. The van der Waals surface area contributed by atoms with Gasteiger partial charge in [-0.15, -0.1) is 0 Å². The van der Waals surface area contributed by atoms with Gasteiger partial charge in [0.25, 0.3) is 5.91 Å². The van der Waals surface area contributed by atoms with Gasteiger partial charge in [0.15, 0.2) is 0 Å². The maximum Gasteiger partial charge on any atom is 0.410 e. The van der Waals surface area contributed by atoms with Crippen LogP contribution in [0, 0.1) is 6.92 Å². The summed E-state index contributed by atoms with van der Waals surface area (Å²) < 4.78 is 7.41. The van der Waals surface area contributed by atoms with E-state index in [1.54, 1.807) is 23.5 Å². The van der Waals surface area contributed by atoms with Crippen LogP contribution in [0.3, 0.4) is 0 Å². The number of pyridine rings is 1. The predicted octanol–water partition coefficient (Wildman–Crippen LogP) is 4.62. The van der Waals surface area contributed by atoms with Gasteiger partial charge in [-0.2, -0.15) is 5.10 Å². The Kier molecular flexibility index (Phi) is 7.19. The summed E-state index contributed by atoms with van der Waals surface area (Å²) in [6.07, 6.45) is 6.24. The Labute approximate surface area is 206 Å². The molecular formula is C27H33N5O3. The molecule has 35 heavy (non-hydrogen) atoms. The minimum atomic E-state index is -0.530. The van der Waals surface area contributed by atoms with Crippen molar-refractivity contribution >= 4 is 12.0 Å². The second-order valence-electron chi connectivity index (χ2n) is 9.98. The van der Waals surface area contributed by atoms with Gasteiger partial charge in [-0.1, -0.05) is 23.8 Å². The smallest absolute Gasteiger partial charge is 0.410 e. The fourth-order valence-corrected chi connectivity index (χ4v) is 4.26. The standard InChI is InChI=1S/C27H33N5O3/c1-19-7-9-22(10-8-19)32-24(21-11-14-31(15-12-21)26(34)35-27(2,3)4)23(18-30-32)25(33)29-17-20-6-5-13-28-16-20/h5-10,13,16,18,21H,11-12,14-15,17H2,1-4H3,(H,29,33). The van der Waals surface area contributed by atoms with Crippen LogP contribution in [0.5, 0.6) is 0 Å². The van der Waals surface area contributed by atoms with Gasteiger partial charge in [-0.3, -0.25) is 9.78 Å². The van der Waals surface area contributed by atoms with E-state index in [4.69, 9.17) is 4.74 Å². The molecule has 0 radical (unpaired) electrons. The van der Waals surface area contributed by atoms with Crippen LogP contribution in [0.4, 0.5) is 4.79 Å². The minimum absolute atomic E-state index is 0.0802. The number of likely N-dealkylation sites (tertiary alicyclic amines) is 1. The van der Waals surface area contributed by atoms with E-state index < -0.39 is 5.60 Å². The summed E-state index contributed by atoms with van der Waals surface area (Å²) in [7, 11) is 0. The number of carbonyl (C=O) groups excluding carboxylic acids is 2. The average Bonchev–Trinajstić information content (AvgIpc) is 3.28. The lowest BCUT2D eigenvalue weighted by Crippen LogP contribution is -2.41. The Hall–Kier alpha value is -3.68. The van der Waals surface area contributed by atoms with E-state index in [0.717, 1.165) is 35.3 Å². The molecule has 1 N–H and O–H groups in total. The van der Waals surface area contributed by atoms with E-state index in [0.29, 0.717) is 25.2 Å². The minimum Gasteiger partial charge on any atom is -0.444 e. The summed E-state index contributed by atoms with van der Waals surface area (Å²) in [6, 6.07) is 11.9. The number of ether oxygens (including phenoxy) is 1. The number of nitrogens with one attached hydrogen (secondary N) is 1. The highest BCUT2D eigenvalue weighted by molar-refractivity contribution is 5.95. The summed E-state index contributed by atoms with van der Waals surface area (Å²) >= 11 is 0. The van der Waals surface area contributed by atoms with Gasteiger partial charge in [-0.05, 0) is 64.3 Å². The zero-order valence-corrected chi connectivity index (χ0v) is 20.8. The number of aryl methyl sites for hydroxylation is 1. The lowest BCUT2D eigenvalue weighted by molar-refractivity contribution is 0.0203. The van der Waals surface area contributed by atoms with E-state index in [-0.39, 0.29) is 17.9 Å². The van der Waals surface area contributed by atoms with Crippen LogP contribution < -0.4 is 5.32 Å². The van der Waals surface area contributed by atoms with Crippen LogP contribution in [0.2, 0.25) is 0 Å². The monoisotopic (exact) mass is 475 g/mol. The molecule has 2 amide bonds. The van der Waals surface area contributed by atoms with Gasteiger partial charge >= 0.3 is 6.09 Å². The van der Waals surface area contributed by atoms with Crippen molar-refractivity contribution in [2.24, 2.45) is 0 Å². The van der Waals surface area contributed by atoms with E-state index in [2.05, 4.69) is 15.4 Å². The van der Waals surface area contributed by atoms with Crippen molar-refractivity contribution in [1.29, 1.82) is 0 Å². The van der Waals surface area contributed by atoms with Crippen molar-refractivity contribution in [1.82, 2.24) is 25.0 Å². The highest BCUT2D eigenvalue weighted by atomic mass is 16.6. The molecule has 3 heterocycles. The fraction of sp³-hybridized carbons (Fsp3) is 0.407. The largest absolute Gasteiger partial charge is 0.444 e. The Morgan fingerprint density at radius 2 is 1.80 bits per heavy atom. The van der Waals surface area contributed by atoms with Gasteiger partial charge in [-0.25, -0.2) is 9.48 Å². The number of nitrogens with zero attached hydrogens (tertiary/aromatic N) is 4. The molecule has 1 aliphatic rings.